The lowest BCUT2D eigenvalue weighted by atomic mass is 10.1. The van der Waals surface area contributed by atoms with E-state index in [0.717, 1.165) is 56.5 Å². The topological polar surface area (TPSA) is 60.7 Å². The Morgan fingerprint density at radius 3 is 2.46 bits per heavy atom. The Hall–Kier alpha value is -1.33. The van der Waals surface area contributed by atoms with Gasteiger partial charge in [0, 0.05) is 26.2 Å². The van der Waals surface area contributed by atoms with Crippen molar-refractivity contribution in [2.75, 3.05) is 26.2 Å². The van der Waals surface area contributed by atoms with Gasteiger partial charge in [0.15, 0.2) is 5.96 Å². The highest BCUT2D eigenvalue weighted by Crippen LogP contribution is 2.26. The summed E-state index contributed by atoms with van der Waals surface area (Å²) in [6.07, 6.45) is 8.03. The van der Waals surface area contributed by atoms with Crippen molar-refractivity contribution in [3.05, 3.63) is 35.4 Å². The van der Waals surface area contributed by atoms with Gasteiger partial charge < -0.3 is 15.0 Å². The molecule has 0 aromatic heterocycles. The van der Waals surface area contributed by atoms with E-state index in [4.69, 9.17) is 15.0 Å². The molecule has 2 aliphatic rings. The zero-order valence-corrected chi connectivity index (χ0v) is 19.2. The van der Waals surface area contributed by atoms with Crippen molar-refractivity contribution in [1.29, 1.82) is 5.26 Å². The molecule has 0 radical (unpaired) electrons. The summed E-state index contributed by atoms with van der Waals surface area (Å²) in [5, 5.41) is 12.3. The van der Waals surface area contributed by atoms with Crippen LogP contribution in [0.3, 0.4) is 0 Å². The number of nitrogens with one attached hydrogen (secondary N) is 1. The summed E-state index contributed by atoms with van der Waals surface area (Å²) in [5.41, 5.74) is 1.81. The molecule has 1 aromatic carbocycles. The quantitative estimate of drug-likeness (QED) is 0.362. The maximum atomic E-state index is 8.90. The Morgan fingerprint density at radius 2 is 1.86 bits per heavy atom. The number of piperidine rings is 1. The molecule has 2 fully saturated rings. The van der Waals surface area contributed by atoms with Crippen molar-refractivity contribution in [2.24, 2.45) is 10.9 Å². The first kappa shape index (κ1) is 23.0. The molecule has 28 heavy (non-hydrogen) atoms. The van der Waals surface area contributed by atoms with E-state index >= 15 is 0 Å². The minimum Gasteiger partial charge on any atom is -0.378 e. The number of likely N-dealkylation sites (tertiary alicyclic amines) is 1. The van der Waals surface area contributed by atoms with Gasteiger partial charge in [0.2, 0.25) is 0 Å². The van der Waals surface area contributed by atoms with Crippen LogP contribution in [-0.2, 0) is 11.3 Å². The fourth-order valence-electron chi connectivity index (χ4n) is 3.96. The Labute approximate surface area is 186 Å². The Kier molecular flexibility index (Phi) is 10.1. The standard InChI is InChI=1S/C22H32N4O.HI/c1-2-24-22(25-16-19-9-7-18(15-23)8-10-19)26-13-11-21(12-14-26)27-17-20-5-3-4-6-20;/h7-10,20-21H,2-6,11-14,16-17H2,1H3,(H,24,25);1H. The van der Waals surface area contributed by atoms with E-state index in [-0.39, 0.29) is 24.0 Å². The first-order chi connectivity index (χ1) is 13.3. The summed E-state index contributed by atoms with van der Waals surface area (Å²) >= 11 is 0. The van der Waals surface area contributed by atoms with E-state index in [1.807, 2.05) is 24.3 Å². The summed E-state index contributed by atoms with van der Waals surface area (Å²) in [4.78, 5) is 7.15. The fourth-order valence-corrected chi connectivity index (χ4v) is 3.96. The molecule has 1 heterocycles. The highest BCUT2D eigenvalue weighted by Gasteiger charge is 2.23. The van der Waals surface area contributed by atoms with E-state index in [0.29, 0.717) is 18.2 Å². The van der Waals surface area contributed by atoms with Gasteiger partial charge in [-0.3, -0.25) is 0 Å². The summed E-state index contributed by atoms with van der Waals surface area (Å²) in [5.74, 6) is 1.78. The summed E-state index contributed by atoms with van der Waals surface area (Å²) in [6, 6.07) is 9.82. The van der Waals surface area contributed by atoms with E-state index in [2.05, 4.69) is 23.2 Å². The van der Waals surface area contributed by atoms with Crippen molar-refractivity contribution >= 4 is 29.9 Å². The number of nitriles is 1. The number of guanidine groups is 1. The molecule has 0 atom stereocenters. The molecule has 1 aromatic rings. The molecule has 0 spiro atoms. The van der Waals surface area contributed by atoms with E-state index in [9.17, 15) is 0 Å². The van der Waals surface area contributed by atoms with Crippen LogP contribution in [0.25, 0.3) is 0 Å². The average Bonchev–Trinajstić information content (AvgIpc) is 3.24. The van der Waals surface area contributed by atoms with Crippen LogP contribution in [0.2, 0.25) is 0 Å². The number of hydrogen-bond acceptors (Lipinski definition) is 3. The van der Waals surface area contributed by atoms with Crippen molar-refractivity contribution in [3.8, 4) is 6.07 Å². The largest absolute Gasteiger partial charge is 0.378 e. The second-order valence-electron chi connectivity index (χ2n) is 7.65. The molecule has 1 aliphatic heterocycles. The molecule has 3 rings (SSSR count). The SMILES string of the molecule is CCNC(=NCc1ccc(C#N)cc1)N1CCC(OCC2CCCC2)CC1.I. The van der Waals surface area contributed by atoms with E-state index < -0.39 is 0 Å². The molecule has 1 aliphatic carbocycles. The van der Waals surface area contributed by atoms with Crippen LogP contribution >= 0.6 is 24.0 Å². The van der Waals surface area contributed by atoms with Crippen LogP contribution in [0.1, 0.15) is 56.6 Å². The van der Waals surface area contributed by atoms with Gasteiger partial charge in [0.25, 0.3) is 0 Å². The summed E-state index contributed by atoms with van der Waals surface area (Å²) in [6.45, 7) is 6.55. The molecular formula is C22H33IN4O. The molecule has 6 heteroatoms. The van der Waals surface area contributed by atoms with Gasteiger partial charge >= 0.3 is 0 Å². The smallest absolute Gasteiger partial charge is 0.194 e. The van der Waals surface area contributed by atoms with Crippen LogP contribution in [0.15, 0.2) is 29.3 Å². The van der Waals surface area contributed by atoms with Crippen molar-refractivity contribution in [3.63, 3.8) is 0 Å². The van der Waals surface area contributed by atoms with Crippen LogP contribution in [0, 0.1) is 17.2 Å². The zero-order chi connectivity index (χ0) is 18.9. The second-order valence-corrected chi connectivity index (χ2v) is 7.65. The van der Waals surface area contributed by atoms with Crippen LogP contribution in [-0.4, -0.2) is 43.2 Å². The molecule has 5 nitrogen and oxygen atoms in total. The van der Waals surface area contributed by atoms with Crippen molar-refractivity contribution in [1.82, 2.24) is 10.2 Å². The van der Waals surface area contributed by atoms with Crippen molar-refractivity contribution < 1.29 is 4.74 Å². The van der Waals surface area contributed by atoms with Gasteiger partial charge in [-0.05, 0) is 56.2 Å². The Balaban J connectivity index is 0.00000280. The first-order valence-corrected chi connectivity index (χ1v) is 10.4. The summed E-state index contributed by atoms with van der Waals surface area (Å²) < 4.78 is 6.19. The van der Waals surface area contributed by atoms with Gasteiger partial charge in [-0.25, -0.2) is 4.99 Å². The molecule has 0 amide bonds. The summed E-state index contributed by atoms with van der Waals surface area (Å²) in [7, 11) is 0. The molecular weight excluding hydrogens is 463 g/mol. The highest BCUT2D eigenvalue weighted by atomic mass is 127. The highest BCUT2D eigenvalue weighted by molar-refractivity contribution is 14.0. The molecule has 1 saturated carbocycles. The lowest BCUT2D eigenvalue weighted by molar-refractivity contribution is 0.00101. The normalized spacial score (nSPS) is 18.6. The lowest BCUT2D eigenvalue weighted by Gasteiger charge is -2.34. The zero-order valence-electron chi connectivity index (χ0n) is 16.9. The third-order valence-electron chi connectivity index (χ3n) is 5.61. The van der Waals surface area contributed by atoms with Crippen LogP contribution in [0.4, 0.5) is 0 Å². The van der Waals surface area contributed by atoms with Gasteiger partial charge in [0.1, 0.15) is 0 Å². The predicted molar refractivity (Wildman–Crippen MR) is 124 cm³/mol. The predicted octanol–water partition coefficient (Wildman–Crippen LogP) is 4.31. The van der Waals surface area contributed by atoms with Crippen LogP contribution in [0.5, 0.6) is 0 Å². The monoisotopic (exact) mass is 496 g/mol. The number of halogens is 1. The molecule has 1 N–H and O–H groups in total. The number of benzene rings is 1. The number of nitrogens with zero attached hydrogens (tertiary/aromatic N) is 3. The molecule has 154 valence electrons. The molecule has 0 bridgehead atoms. The minimum atomic E-state index is 0. The Morgan fingerprint density at radius 1 is 1.18 bits per heavy atom. The van der Waals surface area contributed by atoms with Gasteiger partial charge in [0.05, 0.1) is 24.3 Å². The van der Waals surface area contributed by atoms with Gasteiger partial charge in [-0.15, -0.1) is 24.0 Å². The maximum absolute atomic E-state index is 8.90. The van der Waals surface area contributed by atoms with E-state index in [1.54, 1.807) is 0 Å². The number of hydrogen-bond donors (Lipinski definition) is 1. The Bertz CT molecular complexity index is 641. The maximum Gasteiger partial charge on any atom is 0.194 e. The minimum absolute atomic E-state index is 0. The number of rotatable bonds is 6. The first-order valence-electron chi connectivity index (χ1n) is 10.4. The van der Waals surface area contributed by atoms with Crippen LogP contribution < -0.4 is 5.32 Å². The van der Waals surface area contributed by atoms with Crippen molar-refractivity contribution in [2.45, 2.75) is 58.1 Å². The lowest BCUT2D eigenvalue weighted by Crippen LogP contribution is -2.47. The molecule has 1 saturated heterocycles. The average molecular weight is 496 g/mol. The third-order valence-corrected chi connectivity index (χ3v) is 5.61. The fraction of sp³-hybridized carbons (Fsp3) is 0.636. The van der Waals surface area contributed by atoms with E-state index in [1.165, 1.54) is 25.7 Å². The third kappa shape index (κ3) is 6.93. The van der Waals surface area contributed by atoms with Gasteiger partial charge in [-0.1, -0.05) is 25.0 Å². The number of aliphatic imine (C=N–C) groups is 1. The molecule has 0 unspecified atom stereocenters. The second kappa shape index (κ2) is 12.3. The number of ether oxygens (including phenoxy) is 1. The van der Waals surface area contributed by atoms with Gasteiger partial charge in [-0.2, -0.15) is 5.26 Å².